The summed E-state index contributed by atoms with van der Waals surface area (Å²) in [4.78, 5) is 11.1. The Labute approximate surface area is 108 Å². The third-order valence-electron chi connectivity index (χ3n) is 3.76. The third-order valence-corrected chi connectivity index (χ3v) is 4.02. The Bertz CT molecular complexity index is 374. The maximum absolute atomic E-state index is 11.1. The highest BCUT2D eigenvalue weighted by Crippen LogP contribution is 2.37. The van der Waals surface area contributed by atoms with E-state index in [9.17, 15) is 4.79 Å². The predicted octanol–water partition coefficient (Wildman–Crippen LogP) is 4.59. The van der Waals surface area contributed by atoms with Crippen LogP contribution < -0.4 is 0 Å². The first kappa shape index (κ1) is 12.6. The largest absolute Gasteiger partial charge is 0.300 e. The van der Waals surface area contributed by atoms with E-state index in [4.69, 9.17) is 11.6 Å². The average Bonchev–Trinajstić information content (AvgIpc) is 2.30. The van der Waals surface area contributed by atoms with E-state index in [2.05, 4.69) is 12.1 Å². The lowest BCUT2D eigenvalue weighted by atomic mass is 9.77. The van der Waals surface area contributed by atoms with Gasteiger partial charge in [0, 0.05) is 11.4 Å². The lowest BCUT2D eigenvalue weighted by Gasteiger charge is -2.28. The third kappa shape index (κ3) is 3.57. The summed E-state index contributed by atoms with van der Waals surface area (Å²) in [6.07, 6.45) is 5.56. The molecule has 0 radical (unpaired) electrons. The zero-order valence-electron chi connectivity index (χ0n) is 10.3. The van der Waals surface area contributed by atoms with Crippen molar-refractivity contribution in [2.24, 2.45) is 5.92 Å². The quantitative estimate of drug-likeness (QED) is 0.767. The molecule has 1 aliphatic carbocycles. The Hall–Kier alpha value is -0.820. The van der Waals surface area contributed by atoms with E-state index >= 15 is 0 Å². The molecule has 0 atom stereocenters. The van der Waals surface area contributed by atoms with Gasteiger partial charge in [0.05, 0.1) is 0 Å². The van der Waals surface area contributed by atoms with Crippen LogP contribution in [0.5, 0.6) is 0 Å². The standard InChI is InChI=1S/C15H19ClO/c1-11(17)10-12-2-4-13(5-3-12)14-6-8-15(16)9-7-14/h6-9,12-13H,2-5,10H2,1H3. The van der Waals surface area contributed by atoms with Crippen LogP contribution in [-0.2, 0) is 4.79 Å². The van der Waals surface area contributed by atoms with E-state index in [-0.39, 0.29) is 0 Å². The van der Waals surface area contributed by atoms with Crippen molar-refractivity contribution in [1.29, 1.82) is 0 Å². The number of hydrogen-bond donors (Lipinski definition) is 0. The lowest BCUT2D eigenvalue weighted by molar-refractivity contribution is -0.118. The van der Waals surface area contributed by atoms with Crippen LogP contribution in [0.2, 0.25) is 5.02 Å². The van der Waals surface area contributed by atoms with E-state index in [1.807, 2.05) is 12.1 Å². The molecule has 1 aliphatic rings. The van der Waals surface area contributed by atoms with Crippen LogP contribution in [0, 0.1) is 5.92 Å². The Morgan fingerprint density at radius 2 is 1.76 bits per heavy atom. The topological polar surface area (TPSA) is 17.1 Å². The van der Waals surface area contributed by atoms with Crippen LogP contribution in [0.15, 0.2) is 24.3 Å². The number of carbonyl (C=O) groups is 1. The zero-order valence-corrected chi connectivity index (χ0v) is 11.0. The van der Waals surface area contributed by atoms with Gasteiger partial charge in [0.25, 0.3) is 0 Å². The van der Waals surface area contributed by atoms with Crippen LogP contribution in [0.25, 0.3) is 0 Å². The Morgan fingerprint density at radius 1 is 1.18 bits per heavy atom. The fourth-order valence-electron chi connectivity index (χ4n) is 2.84. The van der Waals surface area contributed by atoms with E-state index in [1.165, 1.54) is 31.2 Å². The van der Waals surface area contributed by atoms with Gasteiger partial charge in [-0.1, -0.05) is 23.7 Å². The molecule has 1 aromatic carbocycles. The number of carbonyl (C=O) groups excluding carboxylic acids is 1. The molecule has 0 saturated heterocycles. The highest BCUT2D eigenvalue weighted by molar-refractivity contribution is 6.30. The van der Waals surface area contributed by atoms with Gasteiger partial charge >= 0.3 is 0 Å². The fraction of sp³-hybridized carbons (Fsp3) is 0.533. The second-order valence-electron chi connectivity index (χ2n) is 5.18. The van der Waals surface area contributed by atoms with Gasteiger partial charge in [0.1, 0.15) is 5.78 Å². The summed E-state index contributed by atoms with van der Waals surface area (Å²) in [5, 5.41) is 0.805. The summed E-state index contributed by atoms with van der Waals surface area (Å²) in [6, 6.07) is 8.22. The summed E-state index contributed by atoms with van der Waals surface area (Å²) in [5.41, 5.74) is 1.40. The van der Waals surface area contributed by atoms with Crippen molar-refractivity contribution in [2.75, 3.05) is 0 Å². The van der Waals surface area contributed by atoms with E-state index < -0.39 is 0 Å². The molecule has 92 valence electrons. The molecule has 2 heteroatoms. The fourth-order valence-corrected chi connectivity index (χ4v) is 2.97. The molecule has 0 heterocycles. The van der Waals surface area contributed by atoms with Crippen molar-refractivity contribution in [3.63, 3.8) is 0 Å². The van der Waals surface area contributed by atoms with Gasteiger partial charge in [-0.3, -0.25) is 0 Å². The predicted molar refractivity (Wildman–Crippen MR) is 71.4 cm³/mol. The summed E-state index contributed by atoms with van der Waals surface area (Å²) in [7, 11) is 0. The normalized spacial score (nSPS) is 24.6. The molecule has 0 N–H and O–H groups in total. The Kier molecular flexibility index (Phi) is 4.22. The molecule has 1 aromatic rings. The van der Waals surface area contributed by atoms with Gasteiger partial charge in [-0.2, -0.15) is 0 Å². The molecule has 1 nitrogen and oxygen atoms in total. The monoisotopic (exact) mass is 250 g/mol. The SMILES string of the molecule is CC(=O)CC1CCC(c2ccc(Cl)cc2)CC1. The number of hydrogen-bond acceptors (Lipinski definition) is 1. The van der Waals surface area contributed by atoms with Gasteiger partial charge in [0.15, 0.2) is 0 Å². The molecule has 2 rings (SSSR count). The molecule has 0 unspecified atom stereocenters. The molecule has 0 aliphatic heterocycles. The van der Waals surface area contributed by atoms with Gasteiger partial charge in [0.2, 0.25) is 0 Å². The molecule has 0 spiro atoms. The number of ketones is 1. The maximum atomic E-state index is 11.1. The van der Waals surface area contributed by atoms with Crippen LogP contribution in [-0.4, -0.2) is 5.78 Å². The number of rotatable bonds is 3. The summed E-state index contributed by atoms with van der Waals surface area (Å²) < 4.78 is 0. The minimum Gasteiger partial charge on any atom is -0.300 e. The van der Waals surface area contributed by atoms with Crippen LogP contribution in [0.1, 0.15) is 50.5 Å². The average molecular weight is 251 g/mol. The minimum absolute atomic E-state index is 0.333. The first-order valence-corrected chi connectivity index (χ1v) is 6.78. The van der Waals surface area contributed by atoms with Crippen molar-refractivity contribution < 1.29 is 4.79 Å². The van der Waals surface area contributed by atoms with E-state index in [0.29, 0.717) is 17.6 Å². The van der Waals surface area contributed by atoms with Crippen LogP contribution in [0.4, 0.5) is 0 Å². The molecule has 0 amide bonds. The van der Waals surface area contributed by atoms with Gasteiger partial charge < -0.3 is 4.79 Å². The van der Waals surface area contributed by atoms with Gasteiger partial charge in [-0.05, 0) is 62.1 Å². The smallest absolute Gasteiger partial charge is 0.130 e. The molecule has 1 saturated carbocycles. The number of Topliss-reactive ketones (excluding diaryl/α,β-unsaturated/α-hetero) is 1. The molecule has 0 bridgehead atoms. The van der Waals surface area contributed by atoms with E-state index in [1.54, 1.807) is 6.92 Å². The maximum Gasteiger partial charge on any atom is 0.130 e. The zero-order chi connectivity index (χ0) is 12.3. The van der Waals surface area contributed by atoms with E-state index in [0.717, 1.165) is 11.4 Å². The second kappa shape index (κ2) is 5.68. The summed E-state index contributed by atoms with van der Waals surface area (Å²) in [6.45, 7) is 1.70. The Balaban J connectivity index is 1.90. The van der Waals surface area contributed by atoms with Crippen molar-refractivity contribution >= 4 is 17.4 Å². The minimum atomic E-state index is 0.333. The van der Waals surface area contributed by atoms with Crippen LogP contribution >= 0.6 is 11.6 Å². The van der Waals surface area contributed by atoms with Gasteiger partial charge in [-0.15, -0.1) is 0 Å². The number of benzene rings is 1. The second-order valence-corrected chi connectivity index (χ2v) is 5.61. The lowest BCUT2D eigenvalue weighted by Crippen LogP contribution is -2.15. The van der Waals surface area contributed by atoms with Crippen molar-refractivity contribution in [1.82, 2.24) is 0 Å². The first-order chi connectivity index (χ1) is 8.15. The van der Waals surface area contributed by atoms with Gasteiger partial charge in [-0.25, -0.2) is 0 Å². The van der Waals surface area contributed by atoms with Crippen LogP contribution in [0.3, 0.4) is 0 Å². The molecule has 1 fully saturated rings. The number of halogens is 1. The molecule has 17 heavy (non-hydrogen) atoms. The van der Waals surface area contributed by atoms with Crippen molar-refractivity contribution in [3.05, 3.63) is 34.9 Å². The first-order valence-electron chi connectivity index (χ1n) is 6.40. The molecular weight excluding hydrogens is 232 g/mol. The molecule has 0 aromatic heterocycles. The molecular formula is C15H19ClO. The summed E-state index contributed by atoms with van der Waals surface area (Å²) >= 11 is 5.89. The van der Waals surface area contributed by atoms with Crippen molar-refractivity contribution in [2.45, 2.75) is 44.9 Å². The summed E-state index contributed by atoms with van der Waals surface area (Å²) in [5.74, 6) is 1.62. The highest BCUT2D eigenvalue weighted by Gasteiger charge is 2.22. The Morgan fingerprint density at radius 3 is 2.29 bits per heavy atom. The highest BCUT2D eigenvalue weighted by atomic mass is 35.5. The van der Waals surface area contributed by atoms with Crippen molar-refractivity contribution in [3.8, 4) is 0 Å².